The molecule has 0 spiro atoms. The molecule has 19 heavy (non-hydrogen) atoms. The van der Waals surface area contributed by atoms with Gasteiger partial charge >= 0.3 is 0 Å². The van der Waals surface area contributed by atoms with Gasteiger partial charge in [0.15, 0.2) is 0 Å². The summed E-state index contributed by atoms with van der Waals surface area (Å²) in [5, 5.41) is 0. The first-order chi connectivity index (χ1) is 9.16. The van der Waals surface area contributed by atoms with Gasteiger partial charge in [-0.05, 0) is 24.8 Å². The third-order valence-electron chi connectivity index (χ3n) is 3.56. The number of ketones is 1. The zero-order valence-electron chi connectivity index (χ0n) is 11.8. The van der Waals surface area contributed by atoms with Crippen molar-refractivity contribution in [2.45, 2.75) is 45.1 Å². The molecule has 2 atom stereocenters. The van der Waals surface area contributed by atoms with E-state index in [1.165, 1.54) is 0 Å². The van der Waals surface area contributed by atoms with Crippen LogP contribution in [0.25, 0.3) is 0 Å². The number of benzene rings is 1. The number of carbonyl (C=O) groups excluding carboxylic acids is 1. The largest absolute Gasteiger partial charge is 0.323 e. The van der Waals surface area contributed by atoms with Crippen LogP contribution in [0, 0.1) is 5.92 Å². The summed E-state index contributed by atoms with van der Waals surface area (Å²) in [6.45, 7) is 5.63. The Balaban J connectivity index is 2.37. The Bertz CT molecular complexity index is 386. The number of allylic oxidation sites excluding steroid dienone is 1. The highest BCUT2D eigenvalue weighted by atomic mass is 16.1. The quantitative estimate of drug-likeness (QED) is 0.537. The minimum Gasteiger partial charge on any atom is -0.323 e. The van der Waals surface area contributed by atoms with Crippen LogP contribution in [0.3, 0.4) is 0 Å². The molecule has 0 aliphatic rings. The summed E-state index contributed by atoms with van der Waals surface area (Å²) < 4.78 is 0. The number of Topliss-reactive ketones (excluding diaryl/α,β-unsaturated/α-hetero) is 1. The van der Waals surface area contributed by atoms with Crippen LogP contribution in [0.4, 0.5) is 0 Å². The highest BCUT2D eigenvalue weighted by molar-refractivity contribution is 5.81. The second kappa shape index (κ2) is 8.65. The lowest BCUT2D eigenvalue weighted by atomic mass is 9.89. The predicted molar refractivity (Wildman–Crippen MR) is 80.8 cm³/mol. The molecule has 0 bridgehead atoms. The van der Waals surface area contributed by atoms with Crippen molar-refractivity contribution in [1.29, 1.82) is 0 Å². The number of unbranched alkanes of at least 4 members (excludes halogenated alkanes) is 3. The van der Waals surface area contributed by atoms with E-state index >= 15 is 0 Å². The van der Waals surface area contributed by atoms with Crippen LogP contribution < -0.4 is 5.73 Å². The van der Waals surface area contributed by atoms with Crippen LogP contribution >= 0.6 is 0 Å². The summed E-state index contributed by atoms with van der Waals surface area (Å²) in [4.78, 5) is 12.1. The van der Waals surface area contributed by atoms with Crippen LogP contribution in [0.15, 0.2) is 43.0 Å². The van der Waals surface area contributed by atoms with Gasteiger partial charge in [-0.2, -0.15) is 0 Å². The van der Waals surface area contributed by atoms with Crippen molar-refractivity contribution >= 4 is 5.78 Å². The average Bonchev–Trinajstić information content (AvgIpc) is 2.46. The van der Waals surface area contributed by atoms with E-state index in [-0.39, 0.29) is 17.7 Å². The Morgan fingerprint density at radius 2 is 1.95 bits per heavy atom. The first kappa shape index (κ1) is 15.6. The van der Waals surface area contributed by atoms with Gasteiger partial charge in [-0.15, -0.1) is 6.58 Å². The Kier molecular flexibility index (Phi) is 7.12. The number of nitrogens with two attached hydrogens (primary N) is 1. The Morgan fingerprint density at radius 1 is 1.26 bits per heavy atom. The maximum absolute atomic E-state index is 12.1. The molecule has 0 heterocycles. The SMILES string of the molecule is C=CCCCCCC(=O)C(C)C(N)c1ccccc1. The second-order valence-corrected chi connectivity index (χ2v) is 5.08. The normalized spacial score (nSPS) is 13.8. The molecule has 1 rings (SSSR count). The number of hydrogen-bond acceptors (Lipinski definition) is 2. The smallest absolute Gasteiger partial charge is 0.137 e. The molecule has 2 N–H and O–H groups in total. The molecule has 2 nitrogen and oxygen atoms in total. The molecule has 0 aliphatic heterocycles. The molecule has 0 fully saturated rings. The van der Waals surface area contributed by atoms with Crippen LogP contribution in [0.1, 0.15) is 50.6 Å². The molecular weight excluding hydrogens is 234 g/mol. The predicted octanol–water partition coefficient (Wildman–Crippen LogP) is 4.03. The van der Waals surface area contributed by atoms with Gasteiger partial charge in [0.2, 0.25) is 0 Å². The third kappa shape index (κ3) is 5.39. The van der Waals surface area contributed by atoms with E-state index in [4.69, 9.17) is 5.73 Å². The van der Waals surface area contributed by atoms with Crippen molar-refractivity contribution in [2.75, 3.05) is 0 Å². The van der Waals surface area contributed by atoms with Crippen molar-refractivity contribution in [1.82, 2.24) is 0 Å². The van der Waals surface area contributed by atoms with Crippen molar-refractivity contribution < 1.29 is 4.79 Å². The van der Waals surface area contributed by atoms with Crippen molar-refractivity contribution in [3.05, 3.63) is 48.6 Å². The topological polar surface area (TPSA) is 43.1 Å². The first-order valence-electron chi connectivity index (χ1n) is 7.11. The van der Waals surface area contributed by atoms with Crippen molar-refractivity contribution in [2.24, 2.45) is 11.7 Å². The fourth-order valence-electron chi connectivity index (χ4n) is 2.16. The lowest BCUT2D eigenvalue weighted by molar-refractivity contribution is -0.123. The molecule has 0 saturated heterocycles. The molecule has 0 saturated carbocycles. The summed E-state index contributed by atoms with van der Waals surface area (Å²) in [7, 11) is 0. The lowest BCUT2D eigenvalue weighted by Crippen LogP contribution is -2.25. The van der Waals surface area contributed by atoms with E-state index in [0.717, 1.165) is 31.2 Å². The van der Waals surface area contributed by atoms with Crippen molar-refractivity contribution in [3.63, 3.8) is 0 Å². The lowest BCUT2D eigenvalue weighted by Gasteiger charge is -2.19. The van der Waals surface area contributed by atoms with Gasteiger partial charge in [-0.1, -0.05) is 49.8 Å². The number of carbonyl (C=O) groups is 1. The number of hydrogen-bond donors (Lipinski definition) is 1. The summed E-state index contributed by atoms with van der Waals surface area (Å²) in [6, 6.07) is 9.66. The van der Waals surface area contributed by atoms with E-state index in [0.29, 0.717) is 6.42 Å². The maximum Gasteiger partial charge on any atom is 0.137 e. The standard InChI is InChI=1S/C17H25NO/c1-3-4-5-6-10-13-16(19)14(2)17(18)15-11-8-7-9-12-15/h3,7-9,11-12,14,17H,1,4-6,10,13,18H2,2H3. The van der Waals surface area contributed by atoms with E-state index in [1.54, 1.807) is 0 Å². The number of rotatable bonds is 9. The summed E-state index contributed by atoms with van der Waals surface area (Å²) in [5.41, 5.74) is 7.19. The van der Waals surface area contributed by atoms with Crippen LogP contribution in [0.2, 0.25) is 0 Å². The molecule has 0 radical (unpaired) electrons. The second-order valence-electron chi connectivity index (χ2n) is 5.08. The van der Waals surface area contributed by atoms with E-state index < -0.39 is 0 Å². The van der Waals surface area contributed by atoms with Crippen LogP contribution in [-0.4, -0.2) is 5.78 Å². The average molecular weight is 259 g/mol. The highest BCUT2D eigenvalue weighted by Crippen LogP contribution is 2.21. The fraction of sp³-hybridized carbons (Fsp3) is 0.471. The Hall–Kier alpha value is -1.41. The van der Waals surface area contributed by atoms with Gasteiger partial charge in [0.1, 0.15) is 5.78 Å². The van der Waals surface area contributed by atoms with Gasteiger partial charge in [0.05, 0.1) is 0 Å². The van der Waals surface area contributed by atoms with Gasteiger partial charge in [-0.3, -0.25) is 4.79 Å². The molecule has 2 unspecified atom stereocenters. The minimum absolute atomic E-state index is 0.109. The van der Waals surface area contributed by atoms with Crippen molar-refractivity contribution in [3.8, 4) is 0 Å². The summed E-state index contributed by atoms with van der Waals surface area (Å²) >= 11 is 0. The summed E-state index contributed by atoms with van der Waals surface area (Å²) in [5.74, 6) is 0.164. The fourth-order valence-corrected chi connectivity index (χ4v) is 2.16. The van der Waals surface area contributed by atoms with Gasteiger partial charge < -0.3 is 5.73 Å². The monoisotopic (exact) mass is 259 g/mol. The van der Waals surface area contributed by atoms with Gasteiger partial charge in [0.25, 0.3) is 0 Å². The summed E-state index contributed by atoms with van der Waals surface area (Å²) in [6.07, 6.45) is 6.77. The first-order valence-corrected chi connectivity index (χ1v) is 7.11. The minimum atomic E-state index is -0.193. The zero-order chi connectivity index (χ0) is 14.1. The Labute approximate surface area is 116 Å². The molecule has 0 aromatic heterocycles. The Morgan fingerprint density at radius 3 is 2.58 bits per heavy atom. The van der Waals surface area contributed by atoms with E-state index in [9.17, 15) is 4.79 Å². The van der Waals surface area contributed by atoms with Crippen LogP contribution in [0.5, 0.6) is 0 Å². The molecule has 0 amide bonds. The van der Waals surface area contributed by atoms with E-state index in [1.807, 2.05) is 43.3 Å². The molecule has 104 valence electrons. The van der Waals surface area contributed by atoms with Gasteiger partial charge in [-0.25, -0.2) is 0 Å². The third-order valence-corrected chi connectivity index (χ3v) is 3.56. The van der Waals surface area contributed by atoms with E-state index in [2.05, 4.69) is 6.58 Å². The molecule has 0 aliphatic carbocycles. The molecular formula is C17H25NO. The highest BCUT2D eigenvalue weighted by Gasteiger charge is 2.21. The zero-order valence-corrected chi connectivity index (χ0v) is 11.8. The molecule has 1 aromatic carbocycles. The van der Waals surface area contributed by atoms with Crippen LogP contribution in [-0.2, 0) is 4.79 Å². The maximum atomic E-state index is 12.1. The molecule has 2 heteroatoms. The molecule has 1 aromatic rings. The van der Waals surface area contributed by atoms with Gasteiger partial charge in [0, 0.05) is 18.4 Å².